The topological polar surface area (TPSA) is 20.3 Å². The van der Waals surface area contributed by atoms with Crippen molar-refractivity contribution in [3.8, 4) is 0 Å². The highest BCUT2D eigenvalue weighted by Gasteiger charge is 2.47. The van der Waals surface area contributed by atoms with Gasteiger partial charge in [0.1, 0.15) is 0 Å². The number of allylic oxidation sites excluding steroid dienone is 1. The Morgan fingerprint density at radius 3 is 2.26 bits per heavy atom. The third-order valence-electron chi connectivity index (χ3n) is 3.79. The quantitative estimate of drug-likeness (QED) is 0.747. The van der Waals surface area contributed by atoms with Crippen molar-refractivity contribution in [2.75, 3.05) is 0 Å². The average molecular weight is 277 g/mol. The molecule has 3 heteroatoms. The first-order chi connectivity index (χ1) is 8.81. The van der Waals surface area contributed by atoms with Crippen molar-refractivity contribution in [3.05, 3.63) is 42.1 Å². The van der Waals surface area contributed by atoms with E-state index in [0.29, 0.717) is 0 Å². The van der Waals surface area contributed by atoms with Crippen molar-refractivity contribution in [3.63, 3.8) is 0 Å². The van der Waals surface area contributed by atoms with E-state index in [2.05, 4.69) is 45.5 Å². The molecule has 0 fully saturated rings. The van der Waals surface area contributed by atoms with Crippen LogP contribution < -0.4 is 5.30 Å². The summed E-state index contributed by atoms with van der Waals surface area (Å²) in [5.41, 5.74) is 1.26. The van der Waals surface area contributed by atoms with Crippen molar-refractivity contribution < 1.29 is 4.57 Å². The van der Waals surface area contributed by atoms with Gasteiger partial charge >= 0.3 is 0 Å². The van der Waals surface area contributed by atoms with Crippen molar-refractivity contribution in [1.82, 2.24) is 4.67 Å². The smallest absolute Gasteiger partial charge is 0.207 e. The zero-order valence-electron chi connectivity index (χ0n) is 12.6. The normalized spacial score (nSPS) is 27.5. The largest absolute Gasteiger partial charge is 0.320 e. The van der Waals surface area contributed by atoms with Gasteiger partial charge in [-0.25, -0.2) is 0 Å². The molecule has 1 aromatic rings. The second kappa shape index (κ2) is 4.83. The Labute approximate surface area is 116 Å². The molecule has 1 aromatic carbocycles. The van der Waals surface area contributed by atoms with Gasteiger partial charge in [0.05, 0.1) is 5.66 Å². The van der Waals surface area contributed by atoms with Gasteiger partial charge in [0.25, 0.3) is 0 Å². The maximum absolute atomic E-state index is 13.8. The Morgan fingerprint density at radius 2 is 1.79 bits per heavy atom. The Morgan fingerprint density at radius 1 is 1.21 bits per heavy atom. The number of hydrogen-bond donors (Lipinski definition) is 0. The van der Waals surface area contributed by atoms with Crippen LogP contribution in [0.15, 0.2) is 42.1 Å². The molecule has 2 rings (SSSR count). The molecule has 2 unspecified atom stereocenters. The van der Waals surface area contributed by atoms with Crippen LogP contribution in [0.2, 0.25) is 0 Å². The van der Waals surface area contributed by atoms with Crippen LogP contribution in [0.4, 0.5) is 0 Å². The maximum Gasteiger partial charge on any atom is 0.207 e. The molecule has 0 aliphatic carbocycles. The molecule has 1 aliphatic heterocycles. The fourth-order valence-electron chi connectivity index (χ4n) is 2.95. The number of nitrogens with zero attached hydrogens (tertiary/aromatic N) is 1. The maximum atomic E-state index is 13.8. The van der Waals surface area contributed by atoms with E-state index in [1.807, 2.05) is 30.3 Å². The van der Waals surface area contributed by atoms with Crippen LogP contribution in [0, 0.1) is 0 Å². The third kappa shape index (κ3) is 2.27. The molecule has 0 amide bonds. The lowest BCUT2D eigenvalue weighted by molar-refractivity contribution is 0.325. The van der Waals surface area contributed by atoms with Gasteiger partial charge in [0, 0.05) is 17.0 Å². The number of hydrogen-bond acceptors (Lipinski definition) is 1. The summed E-state index contributed by atoms with van der Waals surface area (Å²) in [6, 6.07) is 9.96. The molecule has 0 aromatic heterocycles. The molecule has 0 saturated heterocycles. The monoisotopic (exact) mass is 277 g/mol. The number of benzene rings is 1. The Balaban J connectivity index is 2.60. The molecule has 1 aliphatic rings. The third-order valence-corrected chi connectivity index (χ3v) is 7.81. The predicted octanol–water partition coefficient (Wildman–Crippen LogP) is 4.39. The number of rotatable bonds is 2. The first-order valence-corrected chi connectivity index (χ1v) is 8.68. The van der Waals surface area contributed by atoms with E-state index in [1.165, 1.54) is 5.57 Å². The van der Waals surface area contributed by atoms with Gasteiger partial charge in [-0.2, -0.15) is 0 Å². The van der Waals surface area contributed by atoms with Crippen LogP contribution in [0.3, 0.4) is 0 Å². The van der Waals surface area contributed by atoms with Gasteiger partial charge < -0.3 is 4.67 Å². The molecule has 104 valence electrons. The second-order valence-corrected chi connectivity index (χ2v) is 9.09. The van der Waals surface area contributed by atoms with Gasteiger partial charge in [-0.3, -0.25) is 4.57 Å². The van der Waals surface area contributed by atoms with E-state index >= 15 is 0 Å². The van der Waals surface area contributed by atoms with E-state index in [1.54, 1.807) is 0 Å². The molecular weight excluding hydrogens is 253 g/mol. The fraction of sp³-hybridized carbons (Fsp3) is 0.500. The van der Waals surface area contributed by atoms with Gasteiger partial charge in [0.15, 0.2) is 0 Å². The molecule has 19 heavy (non-hydrogen) atoms. The Kier molecular flexibility index (Phi) is 3.66. The zero-order valence-corrected chi connectivity index (χ0v) is 13.4. The first-order valence-electron chi connectivity index (χ1n) is 6.95. The van der Waals surface area contributed by atoms with E-state index in [-0.39, 0.29) is 11.2 Å². The summed E-state index contributed by atoms with van der Waals surface area (Å²) in [6.07, 6.45) is 3.03. The summed E-state index contributed by atoms with van der Waals surface area (Å²) < 4.78 is 15.9. The first kappa shape index (κ1) is 14.4. The zero-order chi connectivity index (χ0) is 14.3. The van der Waals surface area contributed by atoms with Gasteiger partial charge in [-0.1, -0.05) is 25.1 Å². The minimum absolute atomic E-state index is 0.128. The Bertz CT molecular complexity index is 527. The SMILES string of the molecule is CCC1C(C)=CN(C(C)(C)C)P1(=O)c1ccccc1. The van der Waals surface area contributed by atoms with Gasteiger partial charge in [-0.05, 0) is 51.8 Å². The van der Waals surface area contributed by atoms with Crippen molar-refractivity contribution in [2.45, 2.75) is 52.2 Å². The van der Waals surface area contributed by atoms with Crippen LogP contribution in [-0.2, 0) is 4.57 Å². The van der Waals surface area contributed by atoms with Crippen molar-refractivity contribution in [1.29, 1.82) is 0 Å². The highest BCUT2D eigenvalue weighted by Crippen LogP contribution is 2.63. The van der Waals surface area contributed by atoms with Gasteiger partial charge in [-0.15, -0.1) is 0 Å². The minimum Gasteiger partial charge on any atom is -0.320 e. The summed E-state index contributed by atoms with van der Waals surface area (Å²) in [5.74, 6) is 0. The summed E-state index contributed by atoms with van der Waals surface area (Å²) in [6.45, 7) is 10.6. The van der Waals surface area contributed by atoms with Crippen LogP contribution in [0.5, 0.6) is 0 Å². The fourth-order valence-corrected chi connectivity index (χ4v) is 6.81. The van der Waals surface area contributed by atoms with E-state index in [0.717, 1.165) is 11.7 Å². The minimum atomic E-state index is -2.58. The highest BCUT2D eigenvalue weighted by atomic mass is 31.2. The summed E-state index contributed by atoms with van der Waals surface area (Å²) in [5, 5.41) is 0.977. The molecule has 1 heterocycles. The van der Waals surface area contributed by atoms with Crippen LogP contribution in [0.1, 0.15) is 41.0 Å². The lowest BCUT2D eigenvalue weighted by atomic mass is 10.1. The molecule has 0 spiro atoms. The standard InChI is InChI=1S/C16H24NOP/c1-6-15-13(2)12-17(16(3,4)5)19(15,18)14-10-8-7-9-11-14/h7-12,15H,6H2,1-5H3. The van der Waals surface area contributed by atoms with E-state index in [4.69, 9.17) is 0 Å². The lowest BCUT2D eigenvalue weighted by Gasteiger charge is -2.39. The molecular formula is C16H24NOP. The second-order valence-electron chi connectivity index (χ2n) is 6.27. The summed E-state index contributed by atoms with van der Waals surface area (Å²) >= 11 is 0. The van der Waals surface area contributed by atoms with E-state index in [9.17, 15) is 4.57 Å². The lowest BCUT2D eigenvalue weighted by Crippen LogP contribution is -2.37. The molecule has 0 bridgehead atoms. The summed E-state index contributed by atoms with van der Waals surface area (Å²) in [4.78, 5) is 0. The highest BCUT2D eigenvalue weighted by molar-refractivity contribution is 7.70. The predicted molar refractivity (Wildman–Crippen MR) is 83.1 cm³/mol. The summed E-state index contributed by atoms with van der Waals surface area (Å²) in [7, 11) is -2.58. The molecule has 2 atom stereocenters. The molecule has 0 saturated carbocycles. The van der Waals surface area contributed by atoms with Crippen molar-refractivity contribution in [2.24, 2.45) is 0 Å². The Hall–Kier alpha value is -1.01. The molecule has 0 N–H and O–H groups in total. The molecule has 2 nitrogen and oxygen atoms in total. The molecule has 0 radical (unpaired) electrons. The van der Waals surface area contributed by atoms with Crippen LogP contribution in [0.25, 0.3) is 0 Å². The van der Waals surface area contributed by atoms with Crippen molar-refractivity contribution >= 4 is 12.6 Å². The van der Waals surface area contributed by atoms with Crippen LogP contribution >= 0.6 is 7.29 Å². The average Bonchev–Trinajstić information content (AvgIpc) is 2.63. The van der Waals surface area contributed by atoms with Gasteiger partial charge in [0.2, 0.25) is 7.29 Å². The van der Waals surface area contributed by atoms with E-state index < -0.39 is 7.29 Å². The van der Waals surface area contributed by atoms with Crippen LogP contribution in [-0.4, -0.2) is 15.9 Å².